The summed E-state index contributed by atoms with van der Waals surface area (Å²) in [6.07, 6.45) is 1.58. The average Bonchev–Trinajstić information content (AvgIpc) is 2.32. The molecule has 1 aliphatic heterocycles. The van der Waals surface area contributed by atoms with Gasteiger partial charge in [-0.25, -0.2) is 9.97 Å². The van der Waals surface area contributed by atoms with Gasteiger partial charge in [0.15, 0.2) is 0 Å². The number of hydrogen-bond donors (Lipinski definition) is 2. The normalized spacial score (nSPS) is 17.9. The van der Waals surface area contributed by atoms with Gasteiger partial charge in [0.2, 0.25) is 0 Å². The van der Waals surface area contributed by atoms with Gasteiger partial charge in [0.05, 0.1) is 12.6 Å². The third-order valence-electron chi connectivity index (χ3n) is 3.18. The maximum absolute atomic E-state index is 9.48. The van der Waals surface area contributed by atoms with Gasteiger partial charge < -0.3 is 10.4 Å². The van der Waals surface area contributed by atoms with Crippen LogP contribution < -0.4 is 5.32 Å². The summed E-state index contributed by atoms with van der Waals surface area (Å²) in [6.45, 7) is 7.54. The Kier molecular flexibility index (Phi) is 4.49. The SMILES string of the molecule is CCNc1cc(C)nc(CN2CCC(O)CC2)n1. The molecule has 0 unspecified atom stereocenters. The van der Waals surface area contributed by atoms with E-state index in [9.17, 15) is 5.11 Å². The standard InChI is InChI=1S/C13H22N4O/c1-3-14-12-8-10(2)15-13(16-12)9-17-6-4-11(18)5-7-17/h8,11,18H,3-7,9H2,1-2H3,(H,14,15,16). The van der Waals surface area contributed by atoms with Crippen LogP contribution in [0.15, 0.2) is 6.07 Å². The van der Waals surface area contributed by atoms with Crippen molar-refractivity contribution in [1.29, 1.82) is 0 Å². The van der Waals surface area contributed by atoms with Crippen LogP contribution in [0, 0.1) is 6.92 Å². The van der Waals surface area contributed by atoms with Crippen molar-refractivity contribution < 1.29 is 5.11 Å². The molecule has 0 spiro atoms. The molecule has 0 saturated carbocycles. The molecule has 0 bridgehead atoms. The lowest BCUT2D eigenvalue weighted by Gasteiger charge is -2.28. The van der Waals surface area contributed by atoms with Crippen LogP contribution in [0.4, 0.5) is 5.82 Å². The molecule has 1 aromatic rings. The van der Waals surface area contributed by atoms with E-state index >= 15 is 0 Å². The molecule has 100 valence electrons. The van der Waals surface area contributed by atoms with E-state index in [4.69, 9.17) is 0 Å². The maximum Gasteiger partial charge on any atom is 0.144 e. The van der Waals surface area contributed by atoms with Crippen molar-refractivity contribution in [3.8, 4) is 0 Å². The van der Waals surface area contributed by atoms with Gasteiger partial charge in [0.1, 0.15) is 11.6 Å². The second-order valence-electron chi connectivity index (χ2n) is 4.85. The number of piperidine rings is 1. The largest absolute Gasteiger partial charge is 0.393 e. The van der Waals surface area contributed by atoms with Crippen molar-refractivity contribution in [2.24, 2.45) is 0 Å². The number of nitrogens with zero attached hydrogens (tertiary/aromatic N) is 3. The molecule has 0 radical (unpaired) electrons. The van der Waals surface area contributed by atoms with Gasteiger partial charge in [0, 0.05) is 31.4 Å². The van der Waals surface area contributed by atoms with Crippen LogP contribution in [0.5, 0.6) is 0 Å². The van der Waals surface area contributed by atoms with Crippen LogP contribution in [0.1, 0.15) is 31.3 Å². The van der Waals surface area contributed by atoms with Crippen molar-refractivity contribution >= 4 is 5.82 Å². The van der Waals surface area contributed by atoms with Gasteiger partial charge in [-0.05, 0) is 26.7 Å². The molecule has 1 aromatic heterocycles. The summed E-state index contributed by atoms with van der Waals surface area (Å²) in [5, 5.41) is 12.7. The van der Waals surface area contributed by atoms with Gasteiger partial charge in [-0.2, -0.15) is 0 Å². The fraction of sp³-hybridized carbons (Fsp3) is 0.692. The Morgan fingerprint density at radius 3 is 2.78 bits per heavy atom. The van der Waals surface area contributed by atoms with Crippen LogP contribution in [0.2, 0.25) is 0 Å². The molecule has 1 aliphatic rings. The lowest BCUT2D eigenvalue weighted by atomic mass is 10.1. The summed E-state index contributed by atoms with van der Waals surface area (Å²) < 4.78 is 0. The first kappa shape index (κ1) is 13.2. The molecule has 2 heterocycles. The van der Waals surface area contributed by atoms with Crippen molar-refractivity contribution in [2.45, 2.75) is 39.3 Å². The zero-order chi connectivity index (χ0) is 13.0. The van der Waals surface area contributed by atoms with Crippen LogP contribution >= 0.6 is 0 Å². The van der Waals surface area contributed by atoms with Crippen LogP contribution in [0.25, 0.3) is 0 Å². The second kappa shape index (κ2) is 6.11. The summed E-state index contributed by atoms with van der Waals surface area (Å²) in [7, 11) is 0. The van der Waals surface area contributed by atoms with Crippen molar-refractivity contribution in [3.63, 3.8) is 0 Å². The highest BCUT2D eigenvalue weighted by atomic mass is 16.3. The topological polar surface area (TPSA) is 61.3 Å². The summed E-state index contributed by atoms with van der Waals surface area (Å²) in [5.41, 5.74) is 0.994. The monoisotopic (exact) mass is 250 g/mol. The molecule has 0 aliphatic carbocycles. The summed E-state index contributed by atoms with van der Waals surface area (Å²) in [6, 6.07) is 1.97. The summed E-state index contributed by atoms with van der Waals surface area (Å²) >= 11 is 0. The van der Waals surface area contributed by atoms with E-state index in [1.807, 2.05) is 13.0 Å². The minimum absolute atomic E-state index is 0.128. The number of nitrogens with one attached hydrogen (secondary N) is 1. The highest BCUT2D eigenvalue weighted by Crippen LogP contribution is 2.13. The number of rotatable bonds is 4. The van der Waals surface area contributed by atoms with E-state index < -0.39 is 0 Å². The first-order valence-electron chi connectivity index (χ1n) is 6.66. The Balaban J connectivity index is 2.00. The second-order valence-corrected chi connectivity index (χ2v) is 4.85. The highest BCUT2D eigenvalue weighted by molar-refractivity contribution is 5.35. The Hall–Kier alpha value is -1.20. The molecule has 2 N–H and O–H groups in total. The number of aryl methyl sites for hydroxylation is 1. The zero-order valence-electron chi connectivity index (χ0n) is 11.2. The molecule has 18 heavy (non-hydrogen) atoms. The number of aliphatic hydroxyl groups is 1. The Labute approximate surface area is 108 Å². The Bertz CT molecular complexity index is 389. The molecule has 0 amide bonds. The zero-order valence-corrected chi connectivity index (χ0v) is 11.2. The van der Waals surface area contributed by atoms with Gasteiger partial charge in [-0.3, -0.25) is 4.90 Å². The maximum atomic E-state index is 9.48. The molecule has 0 atom stereocenters. The van der Waals surface area contributed by atoms with E-state index in [-0.39, 0.29) is 6.10 Å². The summed E-state index contributed by atoms with van der Waals surface area (Å²) in [4.78, 5) is 11.3. The van der Waals surface area contributed by atoms with E-state index in [1.54, 1.807) is 0 Å². The highest BCUT2D eigenvalue weighted by Gasteiger charge is 2.18. The number of aliphatic hydroxyl groups excluding tert-OH is 1. The number of hydrogen-bond acceptors (Lipinski definition) is 5. The first-order valence-corrected chi connectivity index (χ1v) is 6.66. The average molecular weight is 250 g/mol. The molecular formula is C13H22N4O. The third kappa shape index (κ3) is 3.65. The van der Waals surface area contributed by atoms with E-state index in [1.165, 1.54) is 0 Å². The lowest BCUT2D eigenvalue weighted by Crippen LogP contribution is -2.35. The van der Waals surface area contributed by atoms with Crippen molar-refractivity contribution in [1.82, 2.24) is 14.9 Å². The smallest absolute Gasteiger partial charge is 0.144 e. The molecule has 5 nitrogen and oxygen atoms in total. The van der Waals surface area contributed by atoms with Crippen molar-refractivity contribution in [2.75, 3.05) is 25.0 Å². The van der Waals surface area contributed by atoms with Crippen molar-refractivity contribution in [3.05, 3.63) is 17.6 Å². The number of aromatic nitrogens is 2. The van der Waals surface area contributed by atoms with Gasteiger partial charge in [-0.15, -0.1) is 0 Å². The molecule has 5 heteroatoms. The van der Waals surface area contributed by atoms with E-state index in [0.717, 1.165) is 56.4 Å². The van der Waals surface area contributed by atoms with Gasteiger partial charge in [0.25, 0.3) is 0 Å². The first-order chi connectivity index (χ1) is 8.67. The molecule has 0 aromatic carbocycles. The minimum atomic E-state index is -0.128. The Morgan fingerprint density at radius 2 is 2.11 bits per heavy atom. The van der Waals surface area contributed by atoms with E-state index in [2.05, 4.69) is 27.1 Å². The quantitative estimate of drug-likeness (QED) is 0.840. The minimum Gasteiger partial charge on any atom is -0.393 e. The van der Waals surface area contributed by atoms with E-state index in [0.29, 0.717) is 0 Å². The molecule has 2 rings (SSSR count). The number of anilines is 1. The van der Waals surface area contributed by atoms with Crippen LogP contribution in [0.3, 0.4) is 0 Å². The molecular weight excluding hydrogens is 228 g/mol. The van der Waals surface area contributed by atoms with Gasteiger partial charge >= 0.3 is 0 Å². The Morgan fingerprint density at radius 1 is 1.39 bits per heavy atom. The molecule has 1 fully saturated rings. The fourth-order valence-electron chi connectivity index (χ4n) is 2.25. The predicted octanol–water partition coefficient (Wildman–Crippen LogP) is 1.17. The van der Waals surface area contributed by atoms with Crippen LogP contribution in [-0.4, -0.2) is 45.7 Å². The van der Waals surface area contributed by atoms with Gasteiger partial charge in [-0.1, -0.05) is 0 Å². The fourth-order valence-corrected chi connectivity index (χ4v) is 2.25. The number of likely N-dealkylation sites (tertiary alicyclic amines) is 1. The molecule has 1 saturated heterocycles. The summed E-state index contributed by atoms with van der Waals surface area (Å²) in [5.74, 6) is 1.76. The van der Waals surface area contributed by atoms with Crippen LogP contribution in [-0.2, 0) is 6.54 Å². The third-order valence-corrected chi connectivity index (χ3v) is 3.18. The predicted molar refractivity (Wildman–Crippen MR) is 71.5 cm³/mol. The lowest BCUT2D eigenvalue weighted by molar-refractivity contribution is 0.0780.